The number of rotatable bonds is 49. The van der Waals surface area contributed by atoms with Gasteiger partial charge in [0.05, 0.1) is 0 Å². The van der Waals surface area contributed by atoms with Crippen molar-refractivity contribution in [3.8, 4) is 0 Å². The lowest BCUT2D eigenvalue weighted by molar-refractivity contribution is -0.155. The monoisotopic (exact) mass is 843 g/mol. The average molecular weight is 843 g/mol. The number of allylic oxidation sites excluding steroid dienone is 6. The van der Waals surface area contributed by atoms with E-state index in [-0.39, 0.29) is 25.2 Å². The highest BCUT2D eigenvalue weighted by Gasteiger charge is 2.16. The van der Waals surface area contributed by atoms with Crippen LogP contribution in [-0.2, 0) is 23.8 Å². The zero-order valence-electron chi connectivity index (χ0n) is 40.5. The van der Waals surface area contributed by atoms with Gasteiger partial charge in [0.1, 0.15) is 19.3 Å². The zero-order chi connectivity index (χ0) is 43.5. The van der Waals surface area contributed by atoms with E-state index in [4.69, 9.17) is 14.2 Å². The molecule has 0 aliphatic rings. The summed E-state index contributed by atoms with van der Waals surface area (Å²) in [7, 11) is 0. The summed E-state index contributed by atoms with van der Waals surface area (Å²) in [5.74, 6) is -0.339. The van der Waals surface area contributed by atoms with Crippen molar-refractivity contribution in [1.29, 1.82) is 0 Å². The predicted molar refractivity (Wildman–Crippen MR) is 261 cm³/mol. The van der Waals surface area contributed by atoms with Gasteiger partial charge in [-0.25, -0.2) is 0 Å². The van der Waals surface area contributed by atoms with E-state index in [0.717, 1.165) is 70.6 Å². The Bertz CT molecular complexity index is 955. The largest absolute Gasteiger partial charge is 0.463 e. The Morgan fingerprint density at radius 3 is 1.07 bits per heavy atom. The van der Waals surface area contributed by atoms with E-state index < -0.39 is 6.10 Å². The van der Waals surface area contributed by atoms with Crippen LogP contribution in [0.3, 0.4) is 0 Å². The van der Waals surface area contributed by atoms with Crippen LogP contribution in [-0.4, -0.2) is 37.9 Å². The second-order valence-corrected chi connectivity index (χ2v) is 17.8. The van der Waals surface area contributed by atoms with Crippen molar-refractivity contribution in [3.63, 3.8) is 0 Å². The number of unbranched alkanes of at least 4 members (excludes halogenated alkanes) is 32. The van der Waals surface area contributed by atoms with Gasteiger partial charge in [-0.3, -0.25) is 9.59 Å². The number of carbonyl (C=O) groups excluding carboxylic acids is 2. The molecule has 0 aromatic heterocycles. The van der Waals surface area contributed by atoms with Crippen molar-refractivity contribution in [1.82, 2.24) is 0 Å². The van der Waals surface area contributed by atoms with Gasteiger partial charge in [-0.15, -0.1) is 0 Å². The highest BCUT2D eigenvalue weighted by atomic mass is 16.6. The van der Waals surface area contributed by atoms with Gasteiger partial charge in [-0.05, 0) is 51.4 Å². The smallest absolute Gasteiger partial charge is 0.305 e. The summed E-state index contributed by atoms with van der Waals surface area (Å²) in [4.78, 5) is 25.2. The Morgan fingerprint density at radius 1 is 0.367 bits per heavy atom. The summed E-state index contributed by atoms with van der Waals surface area (Å²) < 4.78 is 17.4. The van der Waals surface area contributed by atoms with E-state index in [1.54, 1.807) is 0 Å². The number of esters is 2. The predicted octanol–water partition coefficient (Wildman–Crippen LogP) is 17.8. The van der Waals surface area contributed by atoms with Gasteiger partial charge in [-0.1, -0.05) is 250 Å². The van der Waals surface area contributed by atoms with Crippen LogP contribution in [0.4, 0.5) is 0 Å². The van der Waals surface area contributed by atoms with Crippen LogP contribution in [0, 0.1) is 0 Å². The summed E-state index contributed by atoms with van der Waals surface area (Å²) in [6.07, 6.45) is 61.7. The molecular formula is C55H102O5. The fourth-order valence-corrected chi connectivity index (χ4v) is 7.74. The highest BCUT2D eigenvalue weighted by molar-refractivity contribution is 5.69. The maximum Gasteiger partial charge on any atom is 0.305 e. The molecule has 0 rings (SSSR count). The van der Waals surface area contributed by atoms with E-state index in [9.17, 15) is 9.59 Å². The quantitative estimate of drug-likeness (QED) is 0.0347. The van der Waals surface area contributed by atoms with E-state index in [2.05, 4.69) is 57.2 Å². The van der Waals surface area contributed by atoms with E-state index in [0.29, 0.717) is 19.4 Å². The third kappa shape index (κ3) is 48.8. The number of hydrogen-bond donors (Lipinski definition) is 0. The molecule has 5 heteroatoms. The second-order valence-electron chi connectivity index (χ2n) is 17.8. The normalized spacial score (nSPS) is 12.4. The zero-order valence-corrected chi connectivity index (χ0v) is 40.5. The first-order chi connectivity index (χ1) is 29.6. The van der Waals surface area contributed by atoms with Crippen LogP contribution >= 0.6 is 0 Å². The summed E-state index contributed by atoms with van der Waals surface area (Å²) in [6, 6.07) is 0. The van der Waals surface area contributed by atoms with Gasteiger partial charge < -0.3 is 14.2 Å². The van der Waals surface area contributed by atoms with Gasteiger partial charge >= 0.3 is 11.9 Å². The van der Waals surface area contributed by atoms with Gasteiger partial charge in [-0.2, -0.15) is 0 Å². The Balaban J connectivity index is 4.24. The molecule has 0 fully saturated rings. The summed E-state index contributed by atoms with van der Waals surface area (Å²) in [5.41, 5.74) is 0. The van der Waals surface area contributed by atoms with Crippen LogP contribution in [0.1, 0.15) is 278 Å². The SMILES string of the molecule is CC/C=C\C/C=C\C/C=C\CCCCCCCC(=O)OC[C@H](COC(=O)CCCCCCCCCCCCCCC)OCCCCCCCCCCCCCCCCCC. The molecule has 0 spiro atoms. The van der Waals surface area contributed by atoms with E-state index in [1.807, 2.05) is 0 Å². The molecule has 0 bridgehead atoms. The van der Waals surface area contributed by atoms with Crippen molar-refractivity contribution in [3.05, 3.63) is 36.5 Å². The molecule has 0 N–H and O–H groups in total. The van der Waals surface area contributed by atoms with E-state index in [1.165, 1.54) is 173 Å². The van der Waals surface area contributed by atoms with Crippen LogP contribution in [0.5, 0.6) is 0 Å². The minimum absolute atomic E-state index is 0.153. The molecule has 0 radical (unpaired) electrons. The molecule has 1 atom stereocenters. The molecule has 0 saturated heterocycles. The topological polar surface area (TPSA) is 61.8 Å². The molecule has 0 heterocycles. The molecule has 0 aliphatic carbocycles. The molecule has 0 aromatic rings. The number of hydrogen-bond acceptors (Lipinski definition) is 5. The summed E-state index contributed by atoms with van der Waals surface area (Å²) in [5, 5.41) is 0. The molecule has 0 saturated carbocycles. The molecule has 5 nitrogen and oxygen atoms in total. The van der Waals surface area contributed by atoms with Crippen molar-refractivity contribution >= 4 is 11.9 Å². The Morgan fingerprint density at radius 2 is 0.683 bits per heavy atom. The van der Waals surface area contributed by atoms with Gasteiger partial charge in [0, 0.05) is 19.4 Å². The molecule has 60 heavy (non-hydrogen) atoms. The lowest BCUT2D eigenvalue weighted by Gasteiger charge is -2.18. The van der Waals surface area contributed by atoms with Crippen molar-refractivity contribution in [2.45, 2.75) is 284 Å². The first kappa shape index (κ1) is 58.1. The van der Waals surface area contributed by atoms with Crippen LogP contribution in [0.15, 0.2) is 36.5 Å². The third-order valence-corrected chi connectivity index (χ3v) is 11.7. The first-order valence-corrected chi connectivity index (χ1v) is 26.5. The van der Waals surface area contributed by atoms with Crippen LogP contribution < -0.4 is 0 Å². The number of carbonyl (C=O) groups is 2. The first-order valence-electron chi connectivity index (χ1n) is 26.5. The van der Waals surface area contributed by atoms with Crippen molar-refractivity contribution in [2.24, 2.45) is 0 Å². The molecule has 0 aromatic carbocycles. The lowest BCUT2D eigenvalue weighted by atomic mass is 10.0. The fraction of sp³-hybridized carbons (Fsp3) is 0.855. The Labute approximate surface area is 374 Å². The highest BCUT2D eigenvalue weighted by Crippen LogP contribution is 2.16. The minimum Gasteiger partial charge on any atom is -0.463 e. The number of ether oxygens (including phenoxy) is 3. The van der Waals surface area contributed by atoms with Gasteiger partial charge in [0.2, 0.25) is 0 Å². The third-order valence-electron chi connectivity index (χ3n) is 11.7. The molecule has 0 aliphatic heterocycles. The van der Waals surface area contributed by atoms with Crippen LogP contribution in [0.2, 0.25) is 0 Å². The molecule has 352 valence electrons. The minimum atomic E-state index is -0.401. The fourth-order valence-electron chi connectivity index (χ4n) is 7.74. The van der Waals surface area contributed by atoms with Crippen molar-refractivity contribution < 1.29 is 23.8 Å². The second kappa shape index (κ2) is 51.5. The molecule has 0 unspecified atom stereocenters. The van der Waals surface area contributed by atoms with Gasteiger partial charge in [0.25, 0.3) is 0 Å². The maximum absolute atomic E-state index is 12.6. The molecule has 0 amide bonds. The average Bonchev–Trinajstić information content (AvgIpc) is 3.25. The Kier molecular flexibility index (Phi) is 49.9. The summed E-state index contributed by atoms with van der Waals surface area (Å²) in [6.45, 7) is 7.65. The van der Waals surface area contributed by atoms with E-state index >= 15 is 0 Å². The Hall–Kier alpha value is -1.88. The van der Waals surface area contributed by atoms with Crippen LogP contribution in [0.25, 0.3) is 0 Å². The molecular weight excluding hydrogens is 741 g/mol. The van der Waals surface area contributed by atoms with Gasteiger partial charge in [0.15, 0.2) is 0 Å². The van der Waals surface area contributed by atoms with Crippen molar-refractivity contribution in [2.75, 3.05) is 19.8 Å². The maximum atomic E-state index is 12.6. The standard InChI is InChI=1S/C55H102O5/c1-4-7-10-13-16-19-22-25-27-29-32-35-38-41-44-47-50-58-53(51-59-54(56)48-45-42-39-36-33-30-24-21-18-15-12-9-6-3)52-60-55(57)49-46-43-40-37-34-31-28-26-23-20-17-14-11-8-5-2/h8,11,17,20,26,28,53H,4-7,9-10,12-16,18-19,21-25,27,29-52H2,1-3H3/b11-8-,20-17-,28-26-/t53-/m0/s1. The summed E-state index contributed by atoms with van der Waals surface area (Å²) >= 11 is 0. The lowest BCUT2D eigenvalue weighted by Crippen LogP contribution is -2.29.